The van der Waals surface area contributed by atoms with Gasteiger partial charge in [0.1, 0.15) is 4.90 Å². The third kappa shape index (κ3) is 4.03. The average molecular weight is 315 g/mol. The molecule has 7 nitrogen and oxygen atoms in total. The molecule has 1 aliphatic heterocycles. The molecule has 1 aliphatic rings. The molecule has 2 N–H and O–H groups in total. The Morgan fingerprint density at radius 1 is 1.29 bits per heavy atom. The maximum Gasteiger partial charge on any atom is 0.246 e. The van der Waals surface area contributed by atoms with Crippen LogP contribution in [-0.2, 0) is 16.6 Å². The Morgan fingerprint density at radius 2 is 1.95 bits per heavy atom. The van der Waals surface area contributed by atoms with Gasteiger partial charge in [0.2, 0.25) is 10.0 Å². The molecular formula is C13H25N5O2S. The summed E-state index contributed by atoms with van der Waals surface area (Å²) in [5, 5.41) is 4.04. The highest BCUT2D eigenvalue weighted by molar-refractivity contribution is 7.89. The summed E-state index contributed by atoms with van der Waals surface area (Å²) in [5.74, 6) is 0.600. The minimum absolute atomic E-state index is 0.258. The maximum atomic E-state index is 12.6. The number of nitrogens with two attached hydrogens (primary N) is 1. The molecule has 0 aliphatic carbocycles. The highest BCUT2D eigenvalue weighted by Gasteiger charge is 2.29. The average Bonchev–Trinajstić information content (AvgIpc) is 2.88. The quantitative estimate of drug-likeness (QED) is 0.786. The minimum atomic E-state index is -3.43. The minimum Gasteiger partial charge on any atom is -0.329 e. The van der Waals surface area contributed by atoms with E-state index in [9.17, 15) is 8.42 Å². The van der Waals surface area contributed by atoms with Gasteiger partial charge >= 0.3 is 0 Å². The van der Waals surface area contributed by atoms with E-state index in [1.807, 2.05) is 0 Å². The number of aromatic nitrogens is 2. The molecule has 0 amide bonds. The summed E-state index contributed by atoms with van der Waals surface area (Å²) in [7, 11) is -3.43. The molecule has 0 unspecified atom stereocenters. The summed E-state index contributed by atoms with van der Waals surface area (Å²) < 4.78 is 28.2. The first kappa shape index (κ1) is 16.4. The van der Waals surface area contributed by atoms with E-state index in [-0.39, 0.29) is 4.90 Å². The molecule has 0 bridgehead atoms. The zero-order valence-corrected chi connectivity index (χ0v) is 13.6. The Bertz CT molecular complexity index is 547. The van der Waals surface area contributed by atoms with Crippen molar-refractivity contribution in [2.24, 2.45) is 11.7 Å². The number of sulfonamides is 1. The summed E-state index contributed by atoms with van der Waals surface area (Å²) in [6.07, 6.45) is 2.97. The van der Waals surface area contributed by atoms with Crippen LogP contribution in [0.1, 0.15) is 13.8 Å². The van der Waals surface area contributed by atoms with Gasteiger partial charge in [-0.1, -0.05) is 13.8 Å². The second-order valence-electron chi connectivity index (χ2n) is 5.83. The van der Waals surface area contributed by atoms with Gasteiger partial charge in [0, 0.05) is 45.5 Å². The predicted molar refractivity (Wildman–Crippen MR) is 81.3 cm³/mol. The summed E-state index contributed by atoms with van der Waals surface area (Å²) >= 11 is 0. The molecule has 120 valence electrons. The fourth-order valence-electron chi connectivity index (χ4n) is 2.55. The first-order valence-corrected chi connectivity index (χ1v) is 8.82. The van der Waals surface area contributed by atoms with Crippen LogP contribution >= 0.6 is 0 Å². The van der Waals surface area contributed by atoms with Crippen LogP contribution in [0.3, 0.4) is 0 Å². The van der Waals surface area contributed by atoms with Crippen LogP contribution < -0.4 is 5.73 Å². The first-order valence-electron chi connectivity index (χ1n) is 7.38. The second kappa shape index (κ2) is 6.87. The number of hydrogen-bond donors (Lipinski definition) is 1. The molecule has 2 rings (SSSR count). The third-order valence-corrected chi connectivity index (χ3v) is 5.41. The molecule has 1 aromatic heterocycles. The van der Waals surface area contributed by atoms with Crippen LogP contribution in [0.15, 0.2) is 17.3 Å². The van der Waals surface area contributed by atoms with E-state index in [0.717, 1.165) is 19.6 Å². The summed E-state index contributed by atoms with van der Waals surface area (Å²) in [4.78, 5) is 2.57. The van der Waals surface area contributed by atoms with E-state index in [0.29, 0.717) is 32.1 Å². The van der Waals surface area contributed by atoms with E-state index >= 15 is 0 Å². The standard InChI is InChI=1S/C13H25N5O2S/c1-12(2)10-16-5-7-18(8-6-16)21(19,20)13-9-15-17(11-13)4-3-14/h9,11-12H,3-8,10,14H2,1-2H3. The Balaban J connectivity index is 2.00. The lowest BCUT2D eigenvalue weighted by molar-refractivity contribution is 0.172. The van der Waals surface area contributed by atoms with Crippen LogP contribution in [0, 0.1) is 5.92 Å². The van der Waals surface area contributed by atoms with Gasteiger partial charge in [-0.05, 0) is 5.92 Å². The highest BCUT2D eigenvalue weighted by atomic mass is 32.2. The van der Waals surface area contributed by atoms with Crippen molar-refractivity contribution in [3.05, 3.63) is 12.4 Å². The van der Waals surface area contributed by atoms with Crippen molar-refractivity contribution in [1.82, 2.24) is 19.0 Å². The predicted octanol–water partition coefficient (Wildman–Crippen LogP) is -0.196. The van der Waals surface area contributed by atoms with Crippen LogP contribution in [0.4, 0.5) is 0 Å². The van der Waals surface area contributed by atoms with E-state index in [1.54, 1.807) is 15.2 Å². The van der Waals surface area contributed by atoms with Gasteiger partial charge in [0.25, 0.3) is 0 Å². The van der Waals surface area contributed by atoms with E-state index in [1.165, 1.54) is 6.20 Å². The van der Waals surface area contributed by atoms with Gasteiger partial charge in [-0.15, -0.1) is 0 Å². The van der Waals surface area contributed by atoms with E-state index in [4.69, 9.17) is 5.73 Å². The molecule has 8 heteroatoms. The normalized spacial score (nSPS) is 18.5. The van der Waals surface area contributed by atoms with Crippen molar-refractivity contribution in [2.45, 2.75) is 25.3 Å². The van der Waals surface area contributed by atoms with Crippen LogP contribution in [0.2, 0.25) is 0 Å². The molecule has 0 aromatic carbocycles. The van der Waals surface area contributed by atoms with Gasteiger partial charge in [-0.2, -0.15) is 9.40 Å². The number of nitrogens with zero attached hydrogens (tertiary/aromatic N) is 4. The Kier molecular flexibility index (Phi) is 5.37. The Morgan fingerprint density at radius 3 is 2.52 bits per heavy atom. The number of piperazine rings is 1. The van der Waals surface area contributed by atoms with Crippen LogP contribution in [0.25, 0.3) is 0 Å². The zero-order chi connectivity index (χ0) is 15.5. The van der Waals surface area contributed by atoms with Crippen molar-refractivity contribution in [1.29, 1.82) is 0 Å². The second-order valence-corrected chi connectivity index (χ2v) is 7.76. The molecule has 0 atom stereocenters. The lowest BCUT2D eigenvalue weighted by Crippen LogP contribution is -2.49. The SMILES string of the molecule is CC(C)CN1CCN(S(=O)(=O)c2cnn(CCN)c2)CC1. The van der Waals surface area contributed by atoms with Crippen molar-refractivity contribution in [3.63, 3.8) is 0 Å². The Labute approximate surface area is 126 Å². The lowest BCUT2D eigenvalue weighted by Gasteiger charge is -2.34. The molecule has 2 heterocycles. The maximum absolute atomic E-state index is 12.6. The summed E-state index contributed by atoms with van der Waals surface area (Å²) in [5.41, 5.74) is 5.45. The van der Waals surface area contributed by atoms with Crippen LogP contribution in [-0.4, -0.2) is 66.7 Å². The van der Waals surface area contributed by atoms with Gasteiger partial charge in [0.05, 0.1) is 12.7 Å². The van der Waals surface area contributed by atoms with Gasteiger partial charge in [-0.3, -0.25) is 4.68 Å². The fourth-order valence-corrected chi connectivity index (χ4v) is 3.93. The molecule has 21 heavy (non-hydrogen) atoms. The Hall–Kier alpha value is -0.960. The van der Waals surface area contributed by atoms with Gasteiger partial charge in [-0.25, -0.2) is 8.42 Å². The monoisotopic (exact) mass is 315 g/mol. The van der Waals surface area contributed by atoms with E-state index in [2.05, 4.69) is 23.8 Å². The summed E-state index contributed by atoms with van der Waals surface area (Å²) in [6.45, 7) is 8.98. The molecule has 1 fully saturated rings. The summed E-state index contributed by atoms with van der Waals surface area (Å²) in [6, 6.07) is 0. The molecular weight excluding hydrogens is 290 g/mol. The molecule has 0 spiro atoms. The van der Waals surface area contributed by atoms with Gasteiger partial charge in [0.15, 0.2) is 0 Å². The van der Waals surface area contributed by atoms with Crippen molar-refractivity contribution in [2.75, 3.05) is 39.3 Å². The molecule has 0 radical (unpaired) electrons. The van der Waals surface area contributed by atoms with Crippen molar-refractivity contribution >= 4 is 10.0 Å². The number of hydrogen-bond acceptors (Lipinski definition) is 5. The van der Waals surface area contributed by atoms with Crippen molar-refractivity contribution < 1.29 is 8.42 Å². The lowest BCUT2D eigenvalue weighted by atomic mass is 10.2. The van der Waals surface area contributed by atoms with Gasteiger partial charge < -0.3 is 10.6 Å². The van der Waals surface area contributed by atoms with Crippen LogP contribution in [0.5, 0.6) is 0 Å². The van der Waals surface area contributed by atoms with Crippen molar-refractivity contribution in [3.8, 4) is 0 Å². The molecule has 1 saturated heterocycles. The molecule has 1 aromatic rings. The van der Waals surface area contributed by atoms with E-state index < -0.39 is 10.0 Å². The first-order chi connectivity index (χ1) is 9.93. The smallest absolute Gasteiger partial charge is 0.246 e. The largest absolute Gasteiger partial charge is 0.329 e. The topological polar surface area (TPSA) is 84.5 Å². The number of rotatable bonds is 6. The highest BCUT2D eigenvalue weighted by Crippen LogP contribution is 2.17. The third-order valence-electron chi connectivity index (χ3n) is 3.56. The molecule has 0 saturated carbocycles. The fraction of sp³-hybridized carbons (Fsp3) is 0.769. The zero-order valence-electron chi connectivity index (χ0n) is 12.8.